The lowest BCUT2D eigenvalue weighted by Crippen LogP contribution is -1.84. The van der Waals surface area contributed by atoms with Crippen molar-refractivity contribution >= 4 is 27.5 Å². The van der Waals surface area contributed by atoms with Crippen LogP contribution in [0, 0.1) is 0 Å². The van der Waals surface area contributed by atoms with E-state index in [0.29, 0.717) is 5.15 Å². The fourth-order valence-electron chi connectivity index (χ4n) is 1.17. The smallest absolute Gasteiger partial charge is 0.152 e. The summed E-state index contributed by atoms with van der Waals surface area (Å²) in [6.45, 7) is 0. The SMILES string of the molecule is Clc1cc(-c2cccc(Br)c2)cnn1. The molecule has 0 unspecified atom stereocenters. The molecule has 0 aliphatic heterocycles. The highest BCUT2D eigenvalue weighted by molar-refractivity contribution is 9.10. The molecule has 4 heteroatoms. The van der Waals surface area contributed by atoms with Crippen molar-refractivity contribution in [3.63, 3.8) is 0 Å². The van der Waals surface area contributed by atoms with E-state index in [4.69, 9.17) is 11.6 Å². The van der Waals surface area contributed by atoms with Gasteiger partial charge in [-0.1, -0.05) is 39.7 Å². The van der Waals surface area contributed by atoms with Gasteiger partial charge in [-0.15, -0.1) is 5.10 Å². The Labute approximate surface area is 95.1 Å². The molecule has 0 amide bonds. The zero-order valence-corrected chi connectivity index (χ0v) is 9.46. The molecule has 1 aromatic carbocycles. The van der Waals surface area contributed by atoms with Gasteiger partial charge in [-0.2, -0.15) is 5.10 Å². The standard InChI is InChI=1S/C10H6BrClN2/c11-9-3-1-2-7(4-9)8-5-10(12)14-13-6-8/h1-6H. The summed E-state index contributed by atoms with van der Waals surface area (Å²) >= 11 is 9.16. The van der Waals surface area contributed by atoms with E-state index < -0.39 is 0 Å². The first kappa shape index (κ1) is 9.62. The number of rotatable bonds is 1. The third-order valence-electron chi connectivity index (χ3n) is 1.78. The van der Waals surface area contributed by atoms with Gasteiger partial charge in [0.15, 0.2) is 5.15 Å². The largest absolute Gasteiger partial charge is 0.157 e. The molecule has 1 aromatic heterocycles. The number of aromatic nitrogens is 2. The summed E-state index contributed by atoms with van der Waals surface area (Å²) in [6.07, 6.45) is 1.69. The van der Waals surface area contributed by atoms with Crippen molar-refractivity contribution in [2.75, 3.05) is 0 Å². The van der Waals surface area contributed by atoms with Gasteiger partial charge in [0.2, 0.25) is 0 Å². The highest BCUT2D eigenvalue weighted by Crippen LogP contribution is 2.23. The molecular weight excluding hydrogens is 263 g/mol. The molecule has 2 nitrogen and oxygen atoms in total. The number of benzene rings is 1. The summed E-state index contributed by atoms with van der Waals surface area (Å²) in [5.74, 6) is 0. The lowest BCUT2D eigenvalue weighted by atomic mass is 10.1. The van der Waals surface area contributed by atoms with Crippen molar-refractivity contribution in [1.82, 2.24) is 10.2 Å². The highest BCUT2D eigenvalue weighted by atomic mass is 79.9. The third-order valence-corrected chi connectivity index (χ3v) is 2.46. The third kappa shape index (κ3) is 2.11. The Balaban J connectivity index is 2.49. The normalized spacial score (nSPS) is 10.1. The van der Waals surface area contributed by atoms with Gasteiger partial charge in [0.1, 0.15) is 0 Å². The van der Waals surface area contributed by atoms with Crippen molar-refractivity contribution in [2.45, 2.75) is 0 Å². The Bertz CT molecular complexity index is 416. The molecule has 1 heterocycles. The number of hydrogen-bond donors (Lipinski definition) is 0. The Hall–Kier alpha value is -0.930. The molecule has 0 spiro atoms. The fraction of sp³-hybridized carbons (Fsp3) is 0. The Morgan fingerprint density at radius 3 is 2.71 bits per heavy atom. The van der Waals surface area contributed by atoms with Crippen molar-refractivity contribution in [1.29, 1.82) is 0 Å². The lowest BCUT2D eigenvalue weighted by Gasteiger charge is -2.00. The Morgan fingerprint density at radius 2 is 2.00 bits per heavy atom. The van der Waals surface area contributed by atoms with E-state index in [1.807, 2.05) is 24.3 Å². The summed E-state index contributed by atoms with van der Waals surface area (Å²) in [5, 5.41) is 7.89. The quantitative estimate of drug-likeness (QED) is 0.791. The van der Waals surface area contributed by atoms with Crippen molar-refractivity contribution in [3.05, 3.63) is 46.2 Å². The number of hydrogen-bond acceptors (Lipinski definition) is 2. The molecule has 0 atom stereocenters. The fourth-order valence-corrected chi connectivity index (χ4v) is 1.73. The van der Waals surface area contributed by atoms with Crippen LogP contribution in [0.4, 0.5) is 0 Å². The van der Waals surface area contributed by atoms with E-state index in [-0.39, 0.29) is 0 Å². The predicted octanol–water partition coefficient (Wildman–Crippen LogP) is 3.56. The number of halogens is 2. The topological polar surface area (TPSA) is 25.8 Å². The predicted molar refractivity (Wildman–Crippen MR) is 60.2 cm³/mol. The minimum atomic E-state index is 0.405. The van der Waals surface area contributed by atoms with E-state index in [2.05, 4.69) is 26.1 Å². The second-order valence-electron chi connectivity index (χ2n) is 2.78. The van der Waals surface area contributed by atoms with Crippen molar-refractivity contribution < 1.29 is 0 Å². The molecule has 70 valence electrons. The van der Waals surface area contributed by atoms with Gasteiger partial charge < -0.3 is 0 Å². The minimum absolute atomic E-state index is 0.405. The molecular formula is C10H6BrClN2. The average molecular weight is 270 g/mol. The second kappa shape index (κ2) is 4.07. The molecule has 14 heavy (non-hydrogen) atoms. The van der Waals surface area contributed by atoms with Crippen LogP contribution < -0.4 is 0 Å². The summed E-state index contributed by atoms with van der Waals surface area (Å²) in [5.41, 5.74) is 2.03. The summed E-state index contributed by atoms with van der Waals surface area (Å²) in [4.78, 5) is 0. The van der Waals surface area contributed by atoms with Gasteiger partial charge in [0.05, 0.1) is 6.20 Å². The van der Waals surface area contributed by atoms with Gasteiger partial charge in [-0.3, -0.25) is 0 Å². The monoisotopic (exact) mass is 268 g/mol. The van der Waals surface area contributed by atoms with Crippen LogP contribution in [0.5, 0.6) is 0 Å². The molecule has 2 rings (SSSR count). The zero-order chi connectivity index (χ0) is 9.97. The van der Waals surface area contributed by atoms with Crippen LogP contribution in [0.15, 0.2) is 41.0 Å². The van der Waals surface area contributed by atoms with Crippen LogP contribution in [0.25, 0.3) is 11.1 Å². The van der Waals surface area contributed by atoms with Gasteiger partial charge in [-0.25, -0.2) is 0 Å². The summed E-state index contributed by atoms with van der Waals surface area (Å²) < 4.78 is 1.03. The first-order chi connectivity index (χ1) is 6.75. The van der Waals surface area contributed by atoms with Gasteiger partial charge >= 0.3 is 0 Å². The molecule has 0 fully saturated rings. The van der Waals surface area contributed by atoms with Crippen molar-refractivity contribution in [3.8, 4) is 11.1 Å². The van der Waals surface area contributed by atoms with E-state index in [1.165, 1.54) is 0 Å². The highest BCUT2D eigenvalue weighted by Gasteiger charge is 1.99. The maximum atomic E-state index is 5.75. The van der Waals surface area contributed by atoms with Crippen LogP contribution in [-0.2, 0) is 0 Å². The molecule has 0 radical (unpaired) electrons. The average Bonchev–Trinajstić information content (AvgIpc) is 2.18. The molecule has 2 aromatic rings. The molecule has 0 N–H and O–H groups in total. The van der Waals surface area contributed by atoms with E-state index >= 15 is 0 Å². The molecule has 0 saturated heterocycles. The van der Waals surface area contributed by atoms with Crippen LogP contribution in [0.2, 0.25) is 5.15 Å². The van der Waals surface area contributed by atoms with Crippen LogP contribution >= 0.6 is 27.5 Å². The zero-order valence-electron chi connectivity index (χ0n) is 7.11. The molecule has 0 saturated carbocycles. The summed E-state index contributed by atoms with van der Waals surface area (Å²) in [7, 11) is 0. The Kier molecular flexibility index (Phi) is 2.79. The van der Waals surface area contributed by atoms with Gasteiger partial charge in [-0.05, 0) is 23.8 Å². The second-order valence-corrected chi connectivity index (χ2v) is 4.08. The van der Waals surface area contributed by atoms with Gasteiger partial charge in [0, 0.05) is 10.0 Å². The first-order valence-electron chi connectivity index (χ1n) is 4.00. The lowest BCUT2D eigenvalue weighted by molar-refractivity contribution is 1.03. The van der Waals surface area contributed by atoms with Gasteiger partial charge in [0.25, 0.3) is 0 Å². The van der Waals surface area contributed by atoms with E-state index in [1.54, 1.807) is 12.3 Å². The van der Waals surface area contributed by atoms with Crippen LogP contribution in [-0.4, -0.2) is 10.2 Å². The Morgan fingerprint density at radius 1 is 1.14 bits per heavy atom. The van der Waals surface area contributed by atoms with Crippen molar-refractivity contribution in [2.24, 2.45) is 0 Å². The van der Waals surface area contributed by atoms with Crippen LogP contribution in [0.3, 0.4) is 0 Å². The first-order valence-corrected chi connectivity index (χ1v) is 5.17. The number of nitrogens with zero attached hydrogens (tertiary/aromatic N) is 2. The molecule has 0 bridgehead atoms. The maximum Gasteiger partial charge on any atom is 0.152 e. The molecule has 0 aliphatic carbocycles. The van der Waals surface area contributed by atoms with E-state index in [0.717, 1.165) is 15.6 Å². The van der Waals surface area contributed by atoms with E-state index in [9.17, 15) is 0 Å². The molecule has 0 aliphatic rings. The van der Waals surface area contributed by atoms with Crippen LogP contribution in [0.1, 0.15) is 0 Å². The maximum absolute atomic E-state index is 5.75. The summed E-state index contributed by atoms with van der Waals surface area (Å²) in [6, 6.07) is 9.73. The minimum Gasteiger partial charge on any atom is -0.157 e.